The highest BCUT2D eigenvalue weighted by Crippen LogP contribution is 2.21. The monoisotopic (exact) mass is 186 g/mol. The highest BCUT2D eigenvalue weighted by molar-refractivity contribution is 6.04. The van der Waals surface area contributed by atoms with Crippen molar-refractivity contribution in [2.45, 2.75) is 6.92 Å². The molecular weight excluding hydrogens is 176 g/mol. The molecule has 0 aliphatic carbocycles. The number of aryl methyl sites for hydroxylation is 1. The van der Waals surface area contributed by atoms with Crippen LogP contribution in [-0.4, -0.2) is 11.1 Å². The summed E-state index contributed by atoms with van der Waals surface area (Å²) in [5.74, 6) is -0.874. The molecule has 1 N–H and O–H groups in total. The van der Waals surface area contributed by atoms with E-state index in [4.69, 9.17) is 5.11 Å². The Morgan fingerprint density at radius 1 is 1.07 bits per heavy atom. The summed E-state index contributed by atoms with van der Waals surface area (Å²) in [6.45, 7) is 1.98. The third kappa shape index (κ3) is 1.25. The van der Waals surface area contributed by atoms with E-state index in [0.29, 0.717) is 5.56 Å². The Kier molecular flexibility index (Phi) is 1.97. The molecule has 2 heteroatoms. The van der Waals surface area contributed by atoms with Gasteiger partial charge in [-0.2, -0.15) is 0 Å². The second kappa shape index (κ2) is 3.14. The molecule has 70 valence electrons. The zero-order valence-electron chi connectivity index (χ0n) is 7.82. The number of hydrogen-bond donors (Lipinski definition) is 1. The second-order valence-electron chi connectivity index (χ2n) is 3.28. The number of hydrogen-bond acceptors (Lipinski definition) is 1. The number of carbonyl (C=O) groups is 1. The summed E-state index contributed by atoms with van der Waals surface area (Å²) in [7, 11) is 0. The molecule has 2 aromatic carbocycles. The van der Waals surface area contributed by atoms with Crippen LogP contribution in [0.1, 0.15) is 15.9 Å². The minimum Gasteiger partial charge on any atom is -0.478 e. The lowest BCUT2D eigenvalue weighted by Crippen LogP contribution is -1.97. The molecule has 0 heterocycles. The van der Waals surface area contributed by atoms with Crippen molar-refractivity contribution in [1.29, 1.82) is 0 Å². The Bertz CT molecular complexity index is 501. The number of carboxylic acids is 1. The van der Waals surface area contributed by atoms with Crippen molar-refractivity contribution in [2.75, 3.05) is 0 Å². The Balaban J connectivity index is 2.88. The summed E-state index contributed by atoms with van der Waals surface area (Å²) >= 11 is 0. The summed E-state index contributed by atoms with van der Waals surface area (Å²) in [5.41, 5.74) is 1.47. The molecule has 0 saturated heterocycles. The van der Waals surface area contributed by atoms with Gasteiger partial charge in [0.15, 0.2) is 0 Å². The first-order valence-corrected chi connectivity index (χ1v) is 4.42. The molecule has 0 fully saturated rings. The summed E-state index contributed by atoms with van der Waals surface area (Å²) < 4.78 is 0. The van der Waals surface area contributed by atoms with Crippen LogP contribution in [-0.2, 0) is 0 Å². The van der Waals surface area contributed by atoms with Crippen LogP contribution in [0, 0.1) is 6.92 Å². The average Bonchev–Trinajstić information content (AvgIpc) is 2.17. The highest BCUT2D eigenvalue weighted by atomic mass is 16.4. The Hall–Kier alpha value is -1.83. The van der Waals surface area contributed by atoms with Crippen molar-refractivity contribution in [1.82, 2.24) is 0 Å². The maximum atomic E-state index is 10.9. The molecule has 14 heavy (non-hydrogen) atoms. The van der Waals surface area contributed by atoms with E-state index in [2.05, 4.69) is 0 Å². The van der Waals surface area contributed by atoms with Gasteiger partial charge in [-0.05, 0) is 29.3 Å². The first-order chi connectivity index (χ1) is 6.70. The zero-order valence-corrected chi connectivity index (χ0v) is 7.82. The van der Waals surface area contributed by atoms with Crippen LogP contribution in [0.25, 0.3) is 10.8 Å². The normalized spacial score (nSPS) is 10.4. The molecule has 0 spiro atoms. The van der Waals surface area contributed by atoms with Crippen molar-refractivity contribution in [3.8, 4) is 0 Å². The summed E-state index contributed by atoms with van der Waals surface area (Å²) in [4.78, 5) is 10.9. The van der Waals surface area contributed by atoms with Crippen molar-refractivity contribution >= 4 is 16.7 Å². The van der Waals surface area contributed by atoms with E-state index in [9.17, 15) is 4.79 Å². The van der Waals surface area contributed by atoms with Gasteiger partial charge < -0.3 is 5.11 Å². The van der Waals surface area contributed by atoms with Crippen LogP contribution >= 0.6 is 0 Å². The van der Waals surface area contributed by atoms with Gasteiger partial charge in [-0.3, -0.25) is 0 Å². The smallest absolute Gasteiger partial charge is 0.336 e. The summed E-state index contributed by atoms with van der Waals surface area (Å²) in [6, 6.07) is 11.0. The Labute approximate surface area is 81.8 Å². The lowest BCUT2D eigenvalue weighted by molar-refractivity contribution is 0.0699. The predicted octanol–water partition coefficient (Wildman–Crippen LogP) is 2.85. The number of benzene rings is 2. The van der Waals surface area contributed by atoms with E-state index in [-0.39, 0.29) is 0 Å². The minimum atomic E-state index is -0.874. The molecular formula is C12H10O2. The number of fused-ring (bicyclic) bond motifs is 1. The van der Waals surface area contributed by atoms with Crippen LogP contribution in [0.5, 0.6) is 0 Å². The molecule has 0 atom stereocenters. The lowest BCUT2D eigenvalue weighted by atomic mass is 10.0. The lowest BCUT2D eigenvalue weighted by Gasteiger charge is -2.04. The quantitative estimate of drug-likeness (QED) is 0.743. The fraction of sp³-hybridized carbons (Fsp3) is 0.0833. The van der Waals surface area contributed by atoms with Crippen LogP contribution in [0.2, 0.25) is 0 Å². The zero-order chi connectivity index (χ0) is 10.1. The van der Waals surface area contributed by atoms with Crippen LogP contribution in [0.4, 0.5) is 0 Å². The first kappa shape index (κ1) is 8.75. The molecule has 2 nitrogen and oxygen atoms in total. The van der Waals surface area contributed by atoms with Crippen LogP contribution in [0.15, 0.2) is 36.4 Å². The van der Waals surface area contributed by atoms with Gasteiger partial charge in [0.1, 0.15) is 0 Å². The van der Waals surface area contributed by atoms with Crippen molar-refractivity contribution in [3.05, 3.63) is 47.5 Å². The van der Waals surface area contributed by atoms with Crippen LogP contribution in [0.3, 0.4) is 0 Å². The van der Waals surface area contributed by atoms with Gasteiger partial charge in [-0.1, -0.05) is 30.3 Å². The molecule has 0 saturated carbocycles. The fourth-order valence-electron chi connectivity index (χ4n) is 1.65. The van der Waals surface area contributed by atoms with Crippen molar-refractivity contribution < 1.29 is 9.90 Å². The Morgan fingerprint density at radius 3 is 2.43 bits per heavy atom. The standard InChI is InChI=1S/C12H10O2/c1-8-4-2-6-10-9(8)5-3-7-11(10)12(13)14/h2-7H,1H3,(H,13,14). The second-order valence-corrected chi connectivity index (χ2v) is 3.28. The van der Waals surface area contributed by atoms with Gasteiger partial charge in [-0.25, -0.2) is 4.79 Å². The third-order valence-corrected chi connectivity index (χ3v) is 2.37. The molecule has 0 aliphatic heterocycles. The number of carboxylic acid groups (broad SMARTS) is 1. The molecule has 0 radical (unpaired) electrons. The highest BCUT2D eigenvalue weighted by Gasteiger charge is 2.07. The number of aromatic carboxylic acids is 1. The van der Waals surface area contributed by atoms with Crippen LogP contribution < -0.4 is 0 Å². The predicted molar refractivity (Wildman–Crippen MR) is 55.6 cm³/mol. The van der Waals surface area contributed by atoms with Gasteiger partial charge in [0.2, 0.25) is 0 Å². The minimum absolute atomic E-state index is 0.367. The molecule has 0 aliphatic rings. The Morgan fingerprint density at radius 2 is 1.71 bits per heavy atom. The molecule has 0 bridgehead atoms. The molecule has 0 amide bonds. The first-order valence-electron chi connectivity index (χ1n) is 4.42. The van der Waals surface area contributed by atoms with Crippen molar-refractivity contribution in [2.24, 2.45) is 0 Å². The molecule has 0 unspecified atom stereocenters. The SMILES string of the molecule is Cc1cccc2c(C(=O)O)cccc12. The largest absolute Gasteiger partial charge is 0.478 e. The van der Waals surface area contributed by atoms with E-state index in [1.165, 1.54) is 0 Å². The van der Waals surface area contributed by atoms with E-state index in [0.717, 1.165) is 16.3 Å². The summed E-state index contributed by atoms with van der Waals surface area (Å²) in [6.07, 6.45) is 0. The van der Waals surface area contributed by atoms with Gasteiger partial charge in [0.05, 0.1) is 5.56 Å². The molecule has 0 aromatic heterocycles. The average molecular weight is 186 g/mol. The summed E-state index contributed by atoms with van der Waals surface area (Å²) in [5, 5.41) is 10.8. The van der Waals surface area contributed by atoms with E-state index in [1.807, 2.05) is 31.2 Å². The fourth-order valence-corrected chi connectivity index (χ4v) is 1.65. The van der Waals surface area contributed by atoms with E-state index in [1.54, 1.807) is 12.1 Å². The molecule has 2 rings (SSSR count). The molecule has 2 aromatic rings. The van der Waals surface area contributed by atoms with Gasteiger partial charge in [-0.15, -0.1) is 0 Å². The van der Waals surface area contributed by atoms with Gasteiger partial charge in [0, 0.05) is 0 Å². The van der Waals surface area contributed by atoms with E-state index < -0.39 is 5.97 Å². The topological polar surface area (TPSA) is 37.3 Å². The van der Waals surface area contributed by atoms with Crippen molar-refractivity contribution in [3.63, 3.8) is 0 Å². The van der Waals surface area contributed by atoms with Gasteiger partial charge in [0.25, 0.3) is 0 Å². The van der Waals surface area contributed by atoms with Gasteiger partial charge >= 0.3 is 5.97 Å². The third-order valence-electron chi connectivity index (χ3n) is 2.37. The maximum Gasteiger partial charge on any atom is 0.336 e. The maximum absolute atomic E-state index is 10.9. The van der Waals surface area contributed by atoms with E-state index >= 15 is 0 Å². The number of rotatable bonds is 1.